The van der Waals surface area contributed by atoms with Gasteiger partial charge in [0.2, 0.25) is 0 Å². The van der Waals surface area contributed by atoms with Crippen molar-refractivity contribution < 1.29 is 9.47 Å². The molecule has 0 spiro atoms. The zero-order chi connectivity index (χ0) is 15.6. The van der Waals surface area contributed by atoms with Gasteiger partial charge >= 0.3 is 0 Å². The van der Waals surface area contributed by atoms with Crippen molar-refractivity contribution in [2.24, 2.45) is 11.8 Å². The Labute approximate surface area is 131 Å². The van der Waals surface area contributed by atoms with Crippen LogP contribution in [0, 0.1) is 11.8 Å². The van der Waals surface area contributed by atoms with Crippen molar-refractivity contribution in [1.29, 1.82) is 0 Å². The highest BCUT2D eigenvalue weighted by Gasteiger charge is 2.31. The van der Waals surface area contributed by atoms with Gasteiger partial charge in [-0.15, -0.1) is 0 Å². The molecule has 3 unspecified atom stereocenters. The van der Waals surface area contributed by atoms with E-state index in [1.54, 1.807) is 7.11 Å². The summed E-state index contributed by atoms with van der Waals surface area (Å²) in [6.07, 6.45) is 3.63. The smallest absolute Gasteiger partial charge is 0.0700 e. The van der Waals surface area contributed by atoms with Crippen LogP contribution in [0.15, 0.2) is 0 Å². The second kappa shape index (κ2) is 10.9. The van der Waals surface area contributed by atoms with Gasteiger partial charge in [0.05, 0.1) is 13.2 Å². The lowest BCUT2D eigenvalue weighted by atomic mass is 9.89. The molecule has 0 aromatic rings. The SMILES string of the molecule is CCC(C)C(C)SC(C)(C)C(CC)CCOCCOC. The number of methoxy groups -OCH3 is 1. The number of rotatable bonds is 12. The van der Waals surface area contributed by atoms with Crippen molar-refractivity contribution in [3.8, 4) is 0 Å². The molecule has 0 bridgehead atoms. The summed E-state index contributed by atoms with van der Waals surface area (Å²) in [7, 11) is 1.72. The van der Waals surface area contributed by atoms with Gasteiger partial charge in [-0.1, -0.05) is 54.4 Å². The van der Waals surface area contributed by atoms with E-state index in [0.717, 1.165) is 24.2 Å². The van der Waals surface area contributed by atoms with Crippen molar-refractivity contribution in [1.82, 2.24) is 0 Å². The number of hydrogen-bond acceptors (Lipinski definition) is 3. The second-order valence-electron chi connectivity index (χ2n) is 6.31. The van der Waals surface area contributed by atoms with Crippen molar-refractivity contribution in [3.05, 3.63) is 0 Å². The van der Waals surface area contributed by atoms with E-state index in [1.165, 1.54) is 12.8 Å². The van der Waals surface area contributed by atoms with E-state index in [9.17, 15) is 0 Å². The molecule has 0 aliphatic heterocycles. The molecule has 0 fully saturated rings. The third kappa shape index (κ3) is 7.90. The van der Waals surface area contributed by atoms with Gasteiger partial charge in [0.15, 0.2) is 0 Å². The average molecular weight is 305 g/mol. The molecular formula is C17H36O2S. The van der Waals surface area contributed by atoms with Gasteiger partial charge in [0, 0.05) is 23.7 Å². The lowest BCUT2D eigenvalue weighted by molar-refractivity contribution is 0.0615. The minimum absolute atomic E-state index is 0.322. The van der Waals surface area contributed by atoms with E-state index in [-0.39, 0.29) is 0 Å². The molecule has 0 N–H and O–H groups in total. The molecule has 3 atom stereocenters. The Kier molecular flexibility index (Phi) is 11.1. The van der Waals surface area contributed by atoms with Gasteiger partial charge < -0.3 is 9.47 Å². The van der Waals surface area contributed by atoms with Crippen LogP contribution >= 0.6 is 11.8 Å². The maximum atomic E-state index is 5.64. The molecular weight excluding hydrogens is 268 g/mol. The highest BCUT2D eigenvalue weighted by Crippen LogP contribution is 2.41. The first-order chi connectivity index (χ1) is 9.38. The minimum atomic E-state index is 0.322. The number of hydrogen-bond donors (Lipinski definition) is 0. The van der Waals surface area contributed by atoms with Crippen LogP contribution in [0.2, 0.25) is 0 Å². The highest BCUT2D eigenvalue weighted by atomic mass is 32.2. The van der Waals surface area contributed by atoms with Crippen LogP contribution in [-0.4, -0.2) is 36.9 Å². The molecule has 20 heavy (non-hydrogen) atoms. The van der Waals surface area contributed by atoms with Crippen molar-refractivity contribution >= 4 is 11.8 Å². The molecule has 0 saturated heterocycles. The quantitative estimate of drug-likeness (QED) is 0.472. The summed E-state index contributed by atoms with van der Waals surface area (Å²) in [6, 6.07) is 0. The van der Waals surface area contributed by atoms with Gasteiger partial charge in [-0.2, -0.15) is 11.8 Å². The molecule has 0 rings (SSSR count). The largest absolute Gasteiger partial charge is 0.382 e. The summed E-state index contributed by atoms with van der Waals surface area (Å²) in [4.78, 5) is 0. The number of ether oxygens (including phenoxy) is 2. The molecule has 0 aliphatic rings. The first kappa shape index (κ1) is 20.3. The van der Waals surface area contributed by atoms with Gasteiger partial charge in [-0.3, -0.25) is 0 Å². The maximum Gasteiger partial charge on any atom is 0.0700 e. The van der Waals surface area contributed by atoms with Crippen LogP contribution in [0.4, 0.5) is 0 Å². The van der Waals surface area contributed by atoms with Crippen molar-refractivity contribution in [2.75, 3.05) is 26.9 Å². The van der Waals surface area contributed by atoms with E-state index in [0.29, 0.717) is 23.9 Å². The van der Waals surface area contributed by atoms with E-state index >= 15 is 0 Å². The molecule has 0 radical (unpaired) electrons. The predicted octanol–water partition coefficient (Wildman–Crippen LogP) is 5.01. The molecule has 122 valence electrons. The van der Waals surface area contributed by atoms with Crippen molar-refractivity contribution in [2.45, 2.75) is 70.8 Å². The lowest BCUT2D eigenvalue weighted by Crippen LogP contribution is -2.31. The summed E-state index contributed by atoms with van der Waals surface area (Å²) in [5.41, 5.74) is 0. The van der Waals surface area contributed by atoms with Crippen LogP contribution in [0.25, 0.3) is 0 Å². The normalized spacial score (nSPS) is 16.9. The fourth-order valence-electron chi connectivity index (χ4n) is 2.54. The summed E-state index contributed by atoms with van der Waals surface area (Å²) in [6.45, 7) is 16.4. The van der Waals surface area contributed by atoms with Crippen LogP contribution in [-0.2, 0) is 9.47 Å². The Balaban J connectivity index is 4.23. The molecule has 0 aromatic carbocycles. The fourth-order valence-corrected chi connectivity index (χ4v) is 4.40. The van der Waals surface area contributed by atoms with Gasteiger partial charge in [0.25, 0.3) is 0 Å². The summed E-state index contributed by atoms with van der Waals surface area (Å²) in [5.74, 6) is 1.50. The highest BCUT2D eigenvalue weighted by molar-refractivity contribution is 8.01. The van der Waals surface area contributed by atoms with E-state index in [2.05, 4.69) is 53.3 Å². The van der Waals surface area contributed by atoms with Crippen LogP contribution in [0.5, 0.6) is 0 Å². The molecule has 0 aromatic heterocycles. The first-order valence-corrected chi connectivity index (χ1v) is 9.01. The molecule has 0 saturated carbocycles. The Hall–Kier alpha value is 0.270. The monoisotopic (exact) mass is 304 g/mol. The maximum absolute atomic E-state index is 5.64. The Morgan fingerprint density at radius 2 is 1.65 bits per heavy atom. The molecule has 3 heteroatoms. The Morgan fingerprint density at radius 3 is 2.15 bits per heavy atom. The van der Waals surface area contributed by atoms with Gasteiger partial charge in [-0.05, 0) is 18.3 Å². The topological polar surface area (TPSA) is 18.5 Å². The van der Waals surface area contributed by atoms with Crippen molar-refractivity contribution in [3.63, 3.8) is 0 Å². The Bertz CT molecular complexity index is 231. The van der Waals surface area contributed by atoms with Gasteiger partial charge in [-0.25, -0.2) is 0 Å². The van der Waals surface area contributed by atoms with Crippen LogP contribution in [0.1, 0.15) is 60.8 Å². The molecule has 0 heterocycles. The standard InChI is InChI=1S/C17H36O2S/c1-8-14(3)15(4)20-17(5,6)16(9-2)10-11-19-13-12-18-7/h14-16H,8-13H2,1-7H3. The zero-order valence-electron chi connectivity index (χ0n) is 14.7. The summed E-state index contributed by atoms with van der Waals surface area (Å²) >= 11 is 2.16. The minimum Gasteiger partial charge on any atom is -0.382 e. The average Bonchev–Trinajstić information content (AvgIpc) is 2.40. The van der Waals surface area contributed by atoms with E-state index < -0.39 is 0 Å². The fraction of sp³-hybridized carbons (Fsp3) is 1.00. The summed E-state index contributed by atoms with van der Waals surface area (Å²) < 4.78 is 11.0. The molecule has 0 amide bonds. The third-order valence-corrected chi connectivity index (χ3v) is 6.23. The summed E-state index contributed by atoms with van der Waals surface area (Å²) in [5, 5.41) is 0.721. The van der Waals surface area contributed by atoms with E-state index in [4.69, 9.17) is 9.47 Å². The first-order valence-electron chi connectivity index (χ1n) is 8.13. The number of thioether (sulfide) groups is 1. The third-order valence-electron chi connectivity index (χ3n) is 4.45. The van der Waals surface area contributed by atoms with Crippen LogP contribution < -0.4 is 0 Å². The Morgan fingerprint density at radius 1 is 1.00 bits per heavy atom. The lowest BCUT2D eigenvalue weighted by Gasteiger charge is -2.37. The molecule has 2 nitrogen and oxygen atoms in total. The van der Waals surface area contributed by atoms with Crippen LogP contribution in [0.3, 0.4) is 0 Å². The predicted molar refractivity (Wildman–Crippen MR) is 91.7 cm³/mol. The van der Waals surface area contributed by atoms with Gasteiger partial charge in [0.1, 0.15) is 0 Å². The zero-order valence-corrected chi connectivity index (χ0v) is 15.5. The molecule has 0 aliphatic carbocycles. The second-order valence-corrected chi connectivity index (χ2v) is 8.34. The van der Waals surface area contributed by atoms with E-state index in [1.807, 2.05) is 0 Å².